The monoisotopic (exact) mass is 1660 g/mol. The third-order valence-electron chi connectivity index (χ3n) is 19.0. The maximum absolute atomic E-state index is 11.7. The van der Waals surface area contributed by atoms with E-state index in [0.29, 0.717) is 63.6 Å². The molecular weight excluding hydrogens is 1530 g/mol. The van der Waals surface area contributed by atoms with E-state index in [9.17, 15) is 28.4 Å². The van der Waals surface area contributed by atoms with Crippen molar-refractivity contribution < 1.29 is 113 Å². The van der Waals surface area contributed by atoms with Crippen LogP contribution in [0.4, 0.5) is 4.39 Å². The molecule has 25 heteroatoms. The molecule has 3 N–H and O–H groups in total. The predicted molar refractivity (Wildman–Crippen MR) is 441 cm³/mol. The summed E-state index contributed by atoms with van der Waals surface area (Å²) in [7, 11) is -1.00. The number of ether oxygens (including phenoxy) is 6. The summed E-state index contributed by atoms with van der Waals surface area (Å²) in [6, 6.07) is 35.6. The molecule has 0 unspecified atom stereocenters. The molecule has 592 valence electrons. The van der Waals surface area contributed by atoms with Crippen molar-refractivity contribution in [2.24, 2.45) is 40.4 Å². The van der Waals surface area contributed by atoms with E-state index in [1.807, 2.05) is 66.7 Å². The second-order valence-electron chi connectivity index (χ2n) is 27.4. The molecule has 0 bridgehead atoms. The maximum atomic E-state index is 11.7. The Bertz CT molecular complexity index is 3230. The number of phenolic OH excluding ortho intramolecular Hbond substituents is 1. The standard InChI is InChI=1S/C15H19BrO2.C15H19N3O2.C15H21NO2.C15H20O2.C8H8O2.C7H13Br.2C4H8O.CH3F.Al.Li.N3.Na.4H/c16-10-15(17)13-7-4-8-14(9-13)18-11-12-5-2-1-3-6-12;16-18-17-10-15(19)13-7-4-8-14(9-13)20-11-12-5-2-1-3-6-12;16-10-15(17)13-7-4-8-14(9-13)18-11-12-5-2-1-3-6-12;1-12(16)14-8-5-9-15(10-14)17-11-13-6-3-2-4-7-13;1-6(9)7-3-2-4-8(10)5-7;8-6-7-4-2-1-3-5-7;2*1-2-4-5-3-1;1-2;;;1-3-2;;;;;/h4,7-9,12H,1-3,5-6,10-11H2;4,7-9,12H,1-3,5-6,10-11H2;4,7-9,12H,1-3,5-6,10-11,16H2;5,8-10,13H,2-4,6-7,11H2,1H3;2-5,10H,1H3;7H,1-6H2;2*1-4H2;1H3;;;;;;;;/q;;;;;;;;;;+1;-1;+1;;;;-1/i;;;;;;;;1D;;;;;;;;. The Morgan fingerprint density at radius 1 is 0.486 bits per heavy atom. The van der Waals surface area contributed by atoms with Gasteiger partial charge in [0.15, 0.2) is 46.3 Å². The van der Waals surface area contributed by atoms with Gasteiger partial charge in [0.25, 0.3) is 0 Å². The van der Waals surface area contributed by atoms with Crippen molar-refractivity contribution in [2.75, 3.05) is 83.8 Å². The molecule has 0 radical (unpaired) electrons. The summed E-state index contributed by atoms with van der Waals surface area (Å²) in [6.07, 6.45) is 38.5. The molecule has 7 fully saturated rings. The summed E-state index contributed by atoms with van der Waals surface area (Å²) in [4.78, 5) is 60.8. The van der Waals surface area contributed by atoms with Gasteiger partial charge in [-0.25, -0.2) is 0 Å². The second kappa shape index (κ2) is 68.6. The Kier molecular flexibility index (Phi) is 64.1. The Hall–Kier alpha value is -5.03. The van der Waals surface area contributed by atoms with Crippen LogP contribution in [0.3, 0.4) is 0 Å². The van der Waals surface area contributed by atoms with E-state index in [1.54, 1.807) is 49.4 Å². The average Bonchev–Trinajstić information content (AvgIpc) is 1.44. The van der Waals surface area contributed by atoms with Gasteiger partial charge in [-0.1, -0.05) is 194 Å². The van der Waals surface area contributed by atoms with Crippen molar-refractivity contribution in [3.05, 3.63) is 176 Å². The van der Waals surface area contributed by atoms with Crippen LogP contribution in [0.15, 0.2) is 126 Å². The third kappa shape index (κ3) is 50.0. The van der Waals surface area contributed by atoms with Crippen molar-refractivity contribution in [1.29, 1.82) is 0 Å². The van der Waals surface area contributed by atoms with Gasteiger partial charge in [-0.2, -0.15) is 0 Å². The number of hydrogen-bond donors (Lipinski definition) is 2. The minimum atomic E-state index is -1.00. The first kappa shape index (κ1) is 102. The van der Waals surface area contributed by atoms with Gasteiger partial charge in [0.05, 0.1) is 53.4 Å². The third-order valence-corrected chi connectivity index (χ3v) is 20.4. The molecule has 2 heterocycles. The first-order valence-corrected chi connectivity index (χ1v) is 40.5. The minimum absolute atomic E-state index is 0. The zero-order valence-electron chi connectivity index (χ0n) is 67.0. The van der Waals surface area contributed by atoms with Gasteiger partial charge in [-0.05, 0) is 200 Å². The molecule has 2 aliphatic heterocycles. The maximum Gasteiger partial charge on any atom is 1.00 e. The van der Waals surface area contributed by atoms with E-state index >= 15 is 0 Å². The molecule has 0 amide bonds. The number of ketones is 5. The Balaban J connectivity index is 0. The Labute approximate surface area is 713 Å². The fraction of sp³-hybridized carbons (Fsp3) is 0.583. The molecule has 0 spiro atoms. The molecule has 7 aliphatic rings. The quantitative estimate of drug-likeness (QED) is 0.0163. The number of carbonyl (C=O) groups excluding carboxylic acids is 5. The minimum Gasteiger partial charge on any atom is -1.00 e. The molecule has 5 saturated carbocycles. The van der Waals surface area contributed by atoms with Crippen molar-refractivity contribution in [1.82, 2.24) is 0 Å². The number of nitrogens with two attached hydrogens (primary N) is 1. The van der Waals surface area contributed by atoms with Crippen LogP contribution in [0.5, 0.6) is 28.7 Å². The predicted octanol–water partition coefficient (Wildman–Crippen LogP) is 15.5. The van der Waals surface area contributed by atoms with Crippen molar-refractivity contribution in [3.63, 3.8) is 0 Å². The van der Waals surface area contributed by atoms with Gasteiger partial charge in [0.2, 0.25) is 0 Å². The summed E-state index contributed by atoms with van der Waals surface area (Å²) in [5.41, 5.74) is 30.2. The molecule has 5 aliphatic carbocycles. The van der Waals surface area contributed by atoms with Crippen LogP contribution in [0.2, 0.25) is 0 Å². The van der Waals surface area contributed by atoms with Crippen LogP contribution in [-0.4, -0.2) is 135 Å². The number of carbonyl (C=O) groups is 5. The van der Waals surface area contributed by atoms with Gasteiger partial charge in [-0.3, -0.25) is 33.3 Å². The van der Waals surface area contributed by atoms with E-state index in [1.165, 1.54) is 216 Å². The number of aromatic hydroxyl groups is 1. The van der Waals surface area contributed by atoms with E-state index < -0.39 is 7.15 Å². The van der Waals surface area contributed by atoms with Crippen LogP contribution < -0.4 is 73.1 Å². The van der Waals surface area contributed by atoms with Crippen LogP contribution >= 0.6 is 31.9 Å². The zero-order valence-corrected chi connectivity index (χ0v) is 70.1. The molecule has 109 heavy (non-hydrogen) atoms. The van der Waals surface area contributed by atoms with Gasteiger partial charge in [-0.15, -0.1) is 0 Å². The summed E-state index contributed by atoms with van der Waals surface area (Å²) >= 11 is 6.70. The van der Waals surface area contributed by atoms with E-state index in [4.69, 9.17) is 57.2 Å². The van der Waals surface area contributed by atoms with Crippen LogP contribution in [0.1, 0.15) is 255 Å². The van der Waals surface area contributed by atoms with Crippen LogP contribution in [0.25, 0.3) is 26.4 Å². The van der Waals surface area contributed by atoms with Gasteiger partial charge in [0, 0.05) is 64.5 Å². The number of Topliss-reactive ketones (excluding diaryl/α,β-unsaturated/α-hetero) is 5. The van der Waals surface area contributed by atoms with Crippen LogP contribution in [0, 0.1) is 29.6 Å². The zero-order chi connectivity index (χ0) is 77.8. The smallest absolute Gasteiger partial charge is 1.00 e. The first-order valence-electron chi connectivity index (χ1n) is 38.9. The number of hydrogen-bond acceptors (Lipinski definition) is 14. The Morgan fingerprint density at radius 2 is 0.761 bits per heavy atom. The molecule has 0 aromatic heterocycles. The number of rotatable bonds is 22. The van der Waals surface area contributed by atoms with Gasteiger partial charge in [0.1, 0.15) is 28.7 Å². The summed E-state index contributed by atoms with van der Waals surface area (Å²) in [5.74, 6) is 6.87. The van der Waals surface area contributed by atoms with E-state index in [-0.39, 0.29) is 115 Å². The number of phenols is 1. The van der Waals surface area contributed by atoms with E-state index in [0.717, 1.165) is 75.0 Å². The number of azide groups is 1. The molecule has 0 atom stereocenters. The number of halogens is 3. The largest absolute Gasteiger partial charge is 1.00 e. The Morgan fingerprint density at radius 3 is 1.01 bits per heavy atom. The average molecular weight is 1660 g/mol. The second-order valence-corrected chi connectivity index (χ2v) is 28.6. The summed E-state index contributed by atoms with van der Waals surface area (Å²) < 4.78 is 48.6. The molecule has 5 aromatic rings. The van der Waals surface area contributed by atoms with Crippen molar-refractivity contribution >= 4 is 78.1 Å². The summed E-state index contributed by atoms with van der Waals surface area (Å²) in [6.45, 7) is 10.0. The van der Waals surface area contributed by atoms with Crippen molar-refractivity contribution in [2.45, 2.75) is 200 Å². The van der Waals surface area contributed by atoms with Crippen molar-refractivity contribution in [3.8, 4) is 28.7 Å². The molecule has 19 nitrogen and oxygen atoms in total. The van der Waals surface area contributed by atoms with E-state index in [2.05, 4.69) is 41.9 Å². The molecular formula is C84H123AlBr2FLiN7NaO12. The topological polar surface area (TPSA) is 294 Å². The fourth-order valence-corrected chi connectivity index (χ4v) is 13.8. The molecule has 5 aromatic carbocycles. The molecule has 12 rings (SSSR count). The number of nitrogens with zero attached hydrogens (tertiary/aromatic N) is 6. The van der Waals surface area contributed by atoms with Crippen LogP contribution in [-0.2, 0) is 9.47 Å². The number of benzene rings is 5. The van der Waals surface area contributed by atoms with Gasteiger partial charge < -0.3 is 51.8 Å². The number of alkyl halides is 3. The summed E-state index contributed by atoms with van der Waals surface area (Å²) in [5, 5.41) is 13.8. The first-order chi connectivity index (χ1) is 52.1. The fourth-order valence-electron chi connectivity index (χ4n) is 12.8. The normalized spacial score (nSPS) is 15.9. The van der Waals surface area contributed by atoms with Gasteiger partial charge >= 0.3 is 48.4 Å². The molecule has 2 saturated heterocycles. The SMILES string of the molecule is BrCC1CCCCC1.C1CCOC1.C1CCOC1.CC(=O)c1cccc(O)c1.CC(=O)c1cccc(OCC2CCCCC2)c1.NCC(=O)c1cccc(OCC2CCCCC2)c1.O=C(CBr)c1cccc(OCC2CCCCC2)c1.[2H]CF.[AlH3].[H-].[Li+].[N-]=[N+]=NCC(=O)c1cccc(OCC2CCCCC2)c1.[N-]=[N+]=[N-].[Na+].